The van der Waals surface area contributed by atoms with E-state index in [9.17, 15) is 4.79 Å². The van der Waals surface area contributed by atoms with Gasteiger partial charge < -0.3 is 9.47 Å². The number of hydrogen-bond acceptors (Lipinski definition) is 3. The summed E-state index contributed by atoms with van der Waals surface area (Å²) < 4.78 is 12.3. The van der Waals surface area contributed by atoms with E-state index in [1.807, 2.05) is 25.1 Å². The van der Waals surface area contributed by atoms with Crippen LogP contribution in [0, 0.1) is 5.92 Å². The molecule has 2 atom stereocenters. The summed E-state index contributed by atoms with van der Waals surface area (Å²) in [5.41, 5.74) is 0.180. The molecule has 4 heteroatoms. The Balaban J connectivity index is 2.09. The zero-order chi connectivity index (χ0) is 12.0. The lowest BCUT2D eigenvalue weighted by atomic mass is 9.77. The number of Topliss-reactive ketones (excluding diaryl/α,β-unsaturated/α-hetero) is 1. The molecule has 3 rings (SSSR count). The molecule has 3 nitrogen and oxygen atoms in total. The van der Waals surface area contributed by atoms with E-state index in [1.165, 1.54) is 0 Å². The van der Waals surface area contributed by atoms with Gasteiger partial charge >= 0.3 is 0 Å². The topological polar surface area (TPSA) is 35.5 Å². The summed E-state index contributed by atoms with van der Waals surface area (Å²) in [6, 6.07) is 5.57. The number of carbonyl (C=O) groups is 1. The summed E-state index contributed by atoms with van der Waals surface area (Å²) in [5, 5.41) is 0. The summed E-state index contributed by atoms with van der Waals surface area (Å²) in [4.78, 5) is 12.5. The smallest absolute Gasteiger partial charge is 0.173 e. The van der Waals surface area contributed by atoms with Crippen LogP contribution in [0.3, 0.4) is 0 Å². The second-order valence-electron chi connectivity index (χ2n) is 4.81. The number of carbonyl (C=O) groups excluding carboxylic acids is 1. The molecular weight excluding hydrogens is 284 g/mol. The van der Waals surface area contributed by atoms with Crippen LogP contribution in [0.4, 0.5) is 0 Å². The lowest BCUT2D eigenvalue weighted by molar-refractivity contribution is -0.0903. The van der Waals surface area contributed by atoms with Crippen LogP contribution in [0.1, 0.15) is 23.7 Å². The van der Waals surface area contributed by atoms with Crippen molar-refractivity contribution in [1.82, 2.24) is 0 Å². The van der Waals surface area contributed by atoms with Crippen LogP contribution in [0.25, 0.3) is 0 Å². The Morgan fingerprint density at radius 2 is 2.29 bits per heavy atom. The van der Waals surface area contributed by atoms with Crippen LogP contribution in [0.15, 0.2) is 22.7 Å². The van der Waals surface area contributed by atoms with Crippen LogP contribution in [0.2, 0.25) is 0 Å². The first-order valence-corrected chi connectivity index (χ1v) is 6.50. The van der Waals surface area contributed by atoms with E-state index in [2.05, 4.69) is 15.9 Å². The molecule has 90 valence electrons. The van der Waals surface area contributed by atoms with Crippen LogP contribution in [-0.4, -0.2) is 24.6 Å². The van der Waals surface area contributed by atoms with E-state index in [4.69, 9.17) is 9.47 Å². The van der Waals surface area contributed by atoms with Gasteiger partial charge in [0, 0.05) is 11.1 Å². The van der Waals surface area contributed by atoms with Gasteiger partial charge in [-0.15, -0.1) is 0 Å². The molecule has 0 aromatic heterocycles. The monoisotopic (exact) mass is 296 g/mol. The van der Waals surface area contributed by atoms with Gasteiger partial charge in [0.2, 0.25) is 0 Å². The first-order valence-electron chi connectivity index (χ1n) is 5.71. The molecule has 2 aliphatic heterocycles. The maximum absolute atomic E-state index is 12.5. The molecule has 0 radical (unpaired) electrons. The molecule has 0 amide bonds. The van der Waals surface area contributed by atoms with Crippen molar-refractivity contribution in [3.05, 3.63) is 28.2 Å². The van der Waals surface area contributed by atoms with E-state index >= 15 is 0 Å². The Hall–Kier alpha value is -0.870. The fourth-order valence-electron chi connectivity index (χ4n) is 2.61. The Bertz CT molecular complexity index is 486. The molecule has 1 fully saturated rings. The standard InChI is InChI=1S/C13H13BrO3/c1-13-7-16-5-4-10(13)12(15)9-6-8(14)2-3-11(9)17-13/h2-3,6,10H,4-5,7H2,1H3/t10-,13+/m1/s1. The summed E-state index contributed by atoms with van der Waals surface area (Å²) in [5.74, 6) is 0.763. The normalized spacial score (nSPS) is 31.4. The highest BCUT2D eigenvalue weighted by Gasteiger charge is 2.48. The predicted octanol–water partition coefficient (Wildman–Crippen LogP) is 2.82. The molecule has 1 saturated heterocycles. The van der Waals surface area contributed by atoms with Gasteiger partial charge in [-0.2, -0.15) is 0 Å². The maximum Gasteiger partial charge on any atom is 0.173 e. The Morgan fingerprint density at radius 1 is 1.47 bits per heavy atom. The number of benzene rings is 1. The first-order chi connectivity index (χ1) is 8.10. The molecule has 1 aromatic rings. The van der Waals surface area contributed by atoms with E-state index in [0.717, 1.165) is 10.9 Å². The highest BCUT2D eigenvalue weighted by Crippen LogP contribution is 2.41. The van der Waals surface area contributed by atoms with Crippen LogP contribution < -0.4 is 4.74 Å². The van der Waals surface area contributed by atoms with Crippen LogP contribution >= 0.6 is 15.9 Å². The van der Waals surface area contributed by atoms with Crippen LogP contribution in [0.5, 0.6) is 5.75 Å². The average molecular weight is 297 g/mol. The molecule has 0 aliphatic carbocycles. The fourth-order valence-corrected chi connectivity index (χ4v) is 2.97. The molecule has 0 spiro atoms. The van der Waals surface area contributed by atoms with E-state index in [0.29, 0.717) is 24.5 Å². The molecule has 2 heterocycles. The molecule has 1 aromatic carbocycles. The van der Waals surface area contributed by atoms with Gasteiger partial charge in [0.1, 0.15) is 11.4 Å². The van der Waals surface area contributed by atoms with Crippen molar-refractivity contribution in [3.8, 4) is 5.75 Å². The second-order valence-corrected chi connectivity index (χ2v) is 5.73. The molecule has 2 aliphatic rings. The summed E-state index contributed by atoms with van der Waals surface area (Å²) in [6.07, 6.45) is 0.737. The van der Waals surface area contributed by atoms with Gasteiger partial charge in [-0.1, -0.05) is 15.9 Å². The van der Waals surface area contributed by atoms with Crippen molar-refractivity contribution in [2.75, 3.05) is 13.2 Å². The minimum Gasteiger partial charge on any atom is -0.484 e. The third-order valence-electron chi connectivity index (χ3n) is 3.54. The quantitative estimate of drug-likeness (QED) is 0.738. The molecular formula is C13H13BrO3. The van der Waals surface area contributed by atoms with Crippen molar-refractivity contribution in [1.29, 1.82) is 0 Å². The van der Waals surface area contributed by atoms with Gasteiger partial charge in [-0.3, -0.25) is 4.79 Å². The third kappa shape index (κ3) is 1.70. The van der Waals surface area contributed by atoms with E-state index in [1.54, 1.807) is 0 Å². The maximum atomic E-state index is 12.5. The van der Waals surface area contributed by atoms with Crippen molar-refractivity contribution in [3.63, 3.8) is 0 Å². The van der Waals surface area contributed by atoms with Crippen molar-refractivity contribution in [2.45, 2.75) is 18.9 Å². The minimum absolute atomic E-state index is 0.0851. The van der Waals surface area contributed by atoms with Gasteiger partial charge in [-0.25, -0.2) is 0 Å². The molecule has 17 heavy (non-hydrogen) atoms. The van der Waals surface area contributed by atoms with E-state index < -0.39 is 5.60 Å². The summed E-state index contributed by atoms with van der Waals surface area (Å²) >= 11 is 3.39. The third-order valence-corrected chi connectivity index (χ3v) is 4.04. The number of fused-ring (bicyclic) bond motifs is 2. The zero-order valence-electron chi connectivity index (χ0n) is 9.53. The summed E-state index contributed by atoms with van der Waals surface area (Å²) in [7, 11) is 0. The molecule has 0 N–H and O–H groups in total. The van der Waals surface area contributed by atoms with Gasteiger partial charge in [-0.05, 0) is 31.5 Å². The lowest BCUT2D eigenvalue weighted by Crippen LogP contribution is -2.54. The van der Waals surface area contributed by atoms with Gasteiger partial charge in [0.15, 0.2) is 5.78 Å². The van der Waals surface area contributed by atoms with Gasteiger partial charge in [0.25, 0.3) is 0 Å². The number of ketones is 1. The highest BCUT2D eigenvalue weighted by molar-refractivity contribution is 9.10. The fraction of sp³-hybridized carbons (Fsp3) is 0.462. The number of halogens is 1. The molecule has 0 bridgehead atoms. The first kappa shape index (κ1) is 11.2. The Kier molecular flexibility index (Phi) is 2.52. The Morgan fingerprint density at radius 3 is 3.12 bits per heavy atom. The number of hydrogen-bond donors (Lipinski definition) is 0. The largest absolute Gasteiger partial charge is 0.484 e. The SMILES string of the molecule is C[C@]12COCC[C@@H]1C(=O)c1cc(Br)ccc1O2. The van der Waals surface area contributed by atoms with Crippen LogP contribution in [-0.2, 0) is 4.74 Å². The second kappa shape index (κ2) is 3.82. The summed E-state index contributed by atoms with van der Waals surface area (Å²) in [6.45, 7) is 3.08. The molecule has 0 saturated carbocycles. The Labute approximate surface area is 108 Å². The van der Waals surface area contributed by atoms with Crippen molar-refractivity contribution in [2.24, 2.45) is 5.92 Å². The van der Waals surface area contributed by atoms with Crippen molar-refractivity contribution < 1.29 is 14.3 Å². The lowest BCUT2D eigenvalue weighted by Gasteiger charge is -2.43. The zero-order valence-corrected chi connectivity index (χ0v) is 11.1. The number of ether oxygens (including phenoxy) is 2. The number of rotatable bonds is 0. The minimum atomic E-state index is -0.504. The highest BCUT2D eigenvalue weighted by atomic mass is 79.9. The average Bonchev–Trinajstić information content (AvgIpc) is 2.30. The van der Waals surface area contributed by atoms with Gasteiger partial charge in [0.05, 0.1) is 18.1 Å². The van der Waals surface area contributed by atoms with Crippen molar-refractivity contribution >= 4 is 21.7 Å². The van der Waals surface area contributed by atoms with E-state index in [-0.39, 0.29) is 11.7 Å². The molecule has 0 unspecified atom stereocenters. The predicted molar refractivity (Wildman–Crippen MR) is 66.4 cm³/mol.